The molecule has 4 unspecified atom stereocenters. The number of para-hydroxylation sites is 1. The maximum absolute atomic E-state index is 5.45. The van der Waals surface area contributed by atoms with Gasteiger partial charge in [-0.05, 0) is 99.1 Å². The van der Waals surface area contributed by atoms with Gasteiger partial charge in [0.15, 0.2) is 0 Å². The van der Waals surface area contributed by atoms with Gasteiger partial charge in [-0.3, -0.25) is 4.90 Å². The van der Waals surface area contributed by atoms with Crippen LogP contribution in [0.15, 0.2) is 117 Å². The van der Waals surface area contributed by atoms with Gasteiger partial charge in [-0.2, -0.15) is 0 Å². The molecular weight excluding hydrogens is 533 g/mol. The van der Waals surface area contributed by atoms with E-state index in [1.54, 1.807) is 0 Å². The number of allylic oxidation sites excluding steroid dienone is 10. The average molecular weight is 575 g/mol. The van der Waals surface area contributed by atoms with E-state index in [2.05, 4.69) is 140 Å². The summed E-state index contributed by atoms with van der Waals surface area (Å²) in [5.41, 5.74) is 3.80. The molecule has 0 fully saturated rings. The summed E-state index contributed by atoms with van der Waals surface area (Å²) < 4.78 is 2.46. The molecule has 0 bridgehead atoms. The minimum atomic E-state index is -1.79. The molecule has 3 aliphatic carbocycles. The largest absolute Gasteiger partial charge is 0.359 e. The van der Waals surface area contributed by atoms with Crippen LogP contribution in [0.3, 0.4) is 0 Å². The predicted octanol–water partition coefficient (Wildman–Crippen LogP) is 9.45. The Bertz CT molecular complexity index is 1760. The Morgan fingerprint density at radius 3 is 2.36 bits per heavy atom. The van der Waals surface area contributed by atoms with Gasteiger partial charge in [0.25, 0.3) is 0 Å². The minimum Gasteiger partial charge on any atom is -0.359 e. The lowest BCUT2D eigenvalue weighted by molar-refractivity contribution is 0.214. The molecule has 0 spiro atoms. The summed E-state index contributed by atoms with van der Waals surface area (Å²) in [7, 11) is 0.451. The number of amidine groups is 1. The van der Waals surface area contributed by atoms with Crippen molar-refractivity contribution in [2.45, 2.75) is 69.4 Å². The van der Waals surface area contributed by atoms with Crippen LogP contribution < -0.4 is 5.32 Å². The van der Waals surface area contributed by atoms with Gasteiger partial charge >= 0.3 is 0 Å². The van der Waals surface area contributed by atoms with Crippen molar-refractivity contribution in [1.82, 2.24) is 14.8 Å². The zero-order valence-corrected chi connectivity index (χ0v) is 26.1. The van der Waals surface area contributed by atoms with Crippen LogP contribution in [0.25, 0.3) is 27.5 Å². The van der Waals surface area contributed by atoms with E-state index in [-0.39, 0.29) is 11.7 Å². The fraction of sp³-hybridized carbons (Fsp3) is 0.324. The number of benzene rings is 2. The normalized spacial score (nSPS) is 26.7. The number of aliphatic imine (C=N–C) groups is 1. The molecule has 216 valence electrons. The van der Waals surface area contributed by atoms with Crippen molar-refractivity contribution < 1.29 is 0 Å². The number of aromatic nitrogens is 1. The molecule has 0 radical (unpaired) electrons. The Morgan fingerprint density at radius 1 is 0.833 bits per heavy atom. The van der Waals surface area contributed by atoms with Gasteiger partial charge in [-0.1, -0.05) is 73.7 Å². The van der Waals surface area contributed by atoms with Gasteiger partial charge in [-0.15, -0.1) is 10.0 Å². The fourth-order valence-corrected chi connectivity index (χ4v) is 11.6. The number of hydrogen-bond donors (Lipinski definition) is 1. The second kappa shape index (κ2) is 10.9. The lowest BCUT2D eigenvalue weighted by Gasteiger charge is -2.53. The highest BCUT2D eigenvalue weighted by Crippen LogP contribution is 2.74. The third-order valence-electron chi connectivity index (χ3n) is 9.19. The highest BCUT2D eigenvalue weighted by atomic mass is 32.3. The molecule has 5 heteroatoms. The molecule has 4 nitrogen and oxygen atoms in total. The predicted molar refractivity (Wildman–Crippen MR) is 183 cm³/mol. The van der Waals surface area contributed by atoms with Crippen LogP contribution in [0.1, 0.15) is 52.9 Å². The van der Waals surface area contributed by atoms with Gasteiger partial charge in [0.1, 0.15) is 5.50 Å². The summed E-state index contributed by atoms with van der Waals surface area (Å²) in [5.74, 6) is 1.51. The van der Waals surface area contributed by atoms with E-state index in [9.17, 15) is 0 Å². The van der Waals surface area contributed by atoms with Crippen molar-refractivity contribution in [3.63, 3.8) is 0 Å². The molecule has 4 atom stereocenters. The summed E-state index contributed by atoms with van der Waals surface area (Å²) in [4.78, 5) is 12.2. The Labute approximate surface area is 251 Å². The average Bonchev–Trinajstić information content (AvgIpc) is 3.35. The van der Waals surface area contributed by atoms with Gasteiger partial charge < -0.3 is 9.88 Å². The second-order valence-corrected chi connectivity index (χ2v) is 15.3. The summed E-state index contributed by atoms with van der Waals surface area (Å²) in [6.45, 7) is 6.74. The maximum Gasteiger partial charge on any atom is 0.148 e. The highest BCUT2D eigenvalue weighted by Gasteiger charge is 2.46. The molecule has 1 N–H and O–H groups in total. The summed E-state index contributed by atoms with van der Waals surface area (Å²) in [6, 6.07) is 16.3. The molecule has 2 heterocycles. The zero-order chi connectivity index (χ0) is 28.8. The Hall–Kier alpha value is -3.54. The first-order chi connectivity index (χ1) is 20.5. The smallest absolute Gasteiger partial charge is 0.148 e. The van der Waals surface area contributed by atoms with Crippen molar-refractivity contribution in [3.8, 4) is 0 Å². The number of nitrogens with one attached hydrogen (secondary N) is 1. The standard InChI is InChI=1S/C37H42N4S/c1-26-14-13-19-31(24-26)42(30-17-9-6-10-18-30,37-39-27(2)38-28(3)40(37)4)32-22-23-36-34(25-32)33-20-11-12-21-35(33)41(36)29-15-7-5-8-16-29/h7,9,11-13,15-26,28,37H,5-6,8,10,14H2,1-4H3,(H,38,39). The maximum atomic E-state index is 5.45. The molecule has 4 aliphatic rings. The van der Waals surface area contributed by atoms with Gasteiger partial charge in [0.2, 0.25) is 0 Å². The van der Waals surface area contributed by atoms with E-state index < -0.39 is 10.0 Å². The highest BCUT2D eigenvalue weighted by molar-refractivity contribution is 8.40. The third kappa shape index (κ3) is 4.37. The van der Waals surface area contributed by atoms with Gasteiger partial charge in [0.05, 0.1) is 23.0 Å². The van der Waals surface area contributed by atoms with E-state index in [1.165, 1.54) is 42.2 Å². The monoisotopic (exact) mass is 574 g/mol. The molecule has 7 rings (SSSR count). The third-order valence-corrected chi connectivity index (χ3v) is 13.3. The van der Waals surface area contributed by atoms with Crippen LogP contribution in [-0.2, 0) is 0 Å². The first-order valence-electron chi connectivity index (χ1n) is 15.5. The molecule has 1 aromatic heterocycles. The first kappa shape index (κ1) is 27.3. The van der Waals surface area contributed by atoms with Crippen LogP contribution in [0.5, 0.6) is 0 Å². The van der Waals surface area contributed by atoms with Crippen LogP contribution in [-0.4, -0.2) is 34.0 Å². The fourth-order valence-electron chi connectivity index (χ4n) is 7.03. The van der Waals surface area contributed by atoms with Crippen molar-refractivity contribution in [3.05, 3.63) is 107 Å². The van der Waals surface area contributed by atoms with E-state index >= 15 is 0 Å². The van der Waals surface area contributed by atoms with Gasteiger partial charge in [-0.25, -0.2) is 4.99 Å². The number of rotatable bonds is 5. The SMILES string of the molecule is CC1=NC(S(C2=CCCC=C2)(C2=CC(C)CC=C2)c2ccc3c(c2)c2ccccc2n3C2=CCCC=C2)N(C)C(C)N1. The summed E-state index contributed by atoms with van der Waals surface area (Å²) >= 11 is 0. The summed E-state index contributed by atoms with van der Waals surface area (Å²) in [6.07, 6.45) is 27.3. The van der Waals surface area contributed by atoms with E-state index in [4.69, 9.17) is 4.99 Å². The molecule has 2 aromatic carbocycles. The molecule has 1 aliphatic heterocycles. The molecule has 42 heavy (non-hydrogen) atoms. The number of nitrogens with zero attached hydrogens (tertiary/aromatic N) is 3. The van der Waals surface area contributed by atoms with Crippen molar-refractivity contribution >= 4 is 43.4 Å². The Balaban J connectivity index is 1.56. The molecule has 0 saturated heterocycles. The summed E-state index contributed by atoms with van der Waals surface area (Å²) in [5, 5.41) is 6.22. The van der Waals surface area contributed by atoms with Crippen LogP contribution in [0.2, 0.25) is 0 Å². The number of hydrogen-bond acceptors (Lipinski definition) is 3. The Morgan fingerprint density at radius 2 is 1.60 bits per heavy atom. The van der Waals surface area contributed by atoms with E-state index in [1.807, 2.05) is 0 Å². The van der Waals surface area contributed by atoms with Gasteiger partial charge in [0, 0.05) is 21.4 Å². The first-order valence-corrected chi connectivity index (χ1v) is 17.2. The van der Waals surface area contributed by atoms with Crippen molar-refractivity contribution in [1.29, 1.82) is 0 Å². The van der Waals surface area contributed by atoms with E-state index in [0.717, 1.165) is 37.9 Å². The van der Waals surface area contributed by atoms with Crippen molar-refractivity contribution in [2.24, 2.45) is 10.9 Å². The lowest BCUT2D eigenvalue weighted by Crippen LogP contribution is -2.54. The Kier molecular flexibility index (Phi) is 7.11. The van der Waals surface area contributed by atoms with Crippen LogP contribution in [0.4, 0.5) is 0 Å². The van der Waals surface area contributed by atoms with Crippen LogP contribution in [0, 0.1) is 5.92 Å². The quantitative estimate of drug-likeness (QED) is 0.329. The van der Waals surface area contributed by atoms with E-state index in [0.29, 0.717) is 5.92 Å². The number of fused-ring (bicyclic) bond motifs is 3. The zero-order valence-electron chi connectivity index (χ0n) is 25.3. The van der Waals surface area contributed by atoms with Crippen LogP contribution >= 0.6 is 10.0 Å². The van der Waals surface area contributed by atoms with Crippen molar-refractivity contribution in [2.75, 3.05) is 7.05 Å². The molecular formula is C37H42N4S. The molecule has 0 amide bonds. The minimum absolute atomic E-state index is 0.0151. The second-order valence-electron chi connectivity index (χ2n) is 12.1. The molecule has 0 saturated carbocycles. The molecule has 3 aromatic rings. The topological polar surface area (TPSA) is 32.6 Å². The lowest BCUT2D eigenvalue weighted by atomic mass is 10.0.